The van der Waals surface area contributed by atoms with Crippen LogP contribution in [0.15, 0.2) is 71.8 Å². The van der Waals surface area contributed by atoms with Crippen LogP contribution in [0.3, 0.4) is 0 Å². The minimum atomic E-state index is -1.07. The number of amides is 1. The largest absolute Gasteiger partial charge is 0.480 e. The van der Waals surface area contributed by atoms with Crippen molar-refractivity contribution in [1.82, 2.24) is 10.3 Å². The molecule has 0 unspecified atom stereocenters. The first-order valence-electron chi connectivity index (χ1n) is 7.71. The van der Waals surface area contributed by atoms with E-state index in [1.165, 1.54) is 11.8 Å². The Hall–Kier alpha value is -2.86. The van der Waals surface area contributed by atoms with Crippen molar-refractivity contribution in [2.24, 2.45) is 0 Å². The Morgan fingerprint density at radius 2 is 1.72 bits per heavy atom. The summed E-state index contributed by atoms with van der Waals surface area (Å²) >= 11 is 1.30. The summed E-state index contributed by atoms with van der Waals surface area (Å²) in [5.74, 6) is -1.28. The molecule has 1 amide bonds. The monoisotopic (exact) mass is 352 g/mol. The molecule has 25 heavy (non-hydrogen) atoms. The second-order valence-electron chi connectivity index (χ2n) is 5.38. The normalized spacial score (nSPS) is 11.8. The molecule has 1 atom stereocenters. The van der Waals surface area contributed by atoms with Crippen molar-refractivity contribution in [2.45, 2.75) is 11.1 Å². The molecule has 0 bridgehead atoms. The molecule has 2 N–H and O–H groups in total. The third-order valence-corrected chi connectivity index (χ3v) is 4.63. The first kappa shape index (κ1) is 17.0. The van der Waals surface area contributed by atoms with Crippen molar-refractivity contribution in [2.75, 3.05) is 5.75 Å². The Balaban J connectivity index is 1.67. The summed E-state index contributed by atoms with van der Waals surface area (Å²) in [6, 6.07) is 19.1. The van der Waals surface area contributed by atoms with E-state index >= 15 is 0 Å². The first-order chi connectivity index (χ1) is 12.1. The summed E-state index contributed by atoms with van der Waals surface area (Å²) in [4.78, 5) is 28.1. The minimum Gasteiger partial charge on any atom is -0.480 e. The maximum atomic E-state index is 12.1. The second kappa shape index (κ2) is 7.81. The van der Waals surface area contributed by atoms with Crippen molar-refractivity contribution < 1.29 is 14.7 Å². The molecule has 0 saturated heterocycles. The molecule has 0 spiro atoms. The molecular formula is C19H16N2O3S. The van der Waals surface area contributed by atoms with Gasteiger partial charge < -0.3 is 10.4 Å². The Labute approximate surface area is 149 Å². The second-order valence-corrected chi connectivity index (χ2v) is 6.42. The van der Waals surface area contributed by atoms with E-state index in [1.807, 2.05) is 36.4 Å². The van der Waals surface area contributed by atoms with Gasteiger partial charge >= 0.3 is 5.97 Å². The number of carbonyl (C=O) groups excluding carboxylic acids is 1. The van der Waals surface area contributed by atoms with E-state index < -0.39 is 17.9 Å². The lowest BCUT2D eigenvalue weighted by atomic mass is 10.2. The molecule has 0 aliphatic rings. The Morgan fingerprint density at radius 3 is 2.48 bits per heavy atom. The molecule has 1 heterocycles. The number of pyridine rings is 1. The zero-order chi connectivity index (χ0) is 17.6. The van der Waals surface area contributed by atoms with Crippen LogP contribution < -0.4 is 5.32 Å². The van der Waals surface area contributed by atoms with E-state index in [2.05, 4.69) is 10.3 Å². The zero-order valence-corrected chi connectivity index (χ0v) is 14.1. The van der Waals surface area contributed by atoms with E-state index in [0.29, 0.717) is 5.56 Å². The quantitative estimate of drug-likeness (QED) is 0.666. The number of aromatic nitrogens is 1. The van der Waals surface area contributed by atoms with Gasteiger partial charge in [-0.15, -0.1) is 11.8 Å². The SMILES string of the molecule is O=C(N[C@@H](CSc1ccc2ccccc2n1)C(=O)O)c1ccccc1. The highest BCUT2D eigenvalue weighted by molar-refractivity contribution is 7.99. The first-order valence-corrected chi connectivity index (χ1v) is 8.69. The summed E-state index contributed by atoms with van der Waals surface area (Å²) in [7, 11) is 0. The van der Waals surface area contributed by atoms with Gasteiger partial charge in [0.25, 0.3) is 5.91 Å². The molecule has 0 fully saturated rings. The lowest BCUT2D eigenvalue weighted by Crippen LogP contribution is -2.42. The van der Waals surface area contributed by atoms with Gasteiger partial charge in [0.15, 0.2) is 0 Å². The van der Waals surface area contributed by atoms with Crippen LogP contribution in [0.25, 0.3) is 10.9 Å². The summed E-state index contributed by atoms with van der Waals surface area (Å²) < 4.78 is 0. The number of aliphatic carboxylic acids is 1. The molecule has 126 valence electrons. The summed E-state index contributed by atoms with van der Waals surface area (Å²) in [6.07, 6.45) is 0. The minimum absolute atomic E-state index is 0.194. The third-order valence-electron chi connectivity index (χ3n) is 3.61. The highest BCUT2D eigenvalue weighted by atomic mass is 32.2. The van der Waals surface area contributed by atoms with Gasteiger partial charge in [-0.3, -0.25) is 4.79 Å². The van der Waals surface area contributed by atoms with E-state index in [1.54, 1.807) is 30.3 Å². The number of hydrogen-bond acceptors (Lipinski definition) is 4. The number of hydrogen-bond donors (Lipinski definition) is 2. The van der Waals surface area contributed by atoms with E-state index in [-0.39, 0.29) is 5.75 Å². The highest BCUT2D eigenvalue weighted by Crippen LogP contribution is 2.20. The fraction of sp³-hybridized carbons (Fsp3) is 0.105. The zero-order valence-electron chi connectivity index (χ0n) is 13.3. The molecule has 3 rings (SSSR count). The van der Waals surface area contributed by atoms with Crippen molar-refractivity contribution in [1.29, 1.82) is 0 Å². The standard InChI is InChI=1S/C19H16N2O3S/c22-18(14-7-2-1-3-8-14)21-16(19(23)24)12-25-17-11-10-13-6-4-5-9-15(13)20-17/h1-11,16H,12H2,(H,21,22)(H,23,24)/t16-/m0/s1. The van der Waals surface area contributed by atoms with Crippen LogP contribution in [-0.2, 0) is 4.79 Å². The average Bonchev–Trinajstić information content (AvgIpc) is 2.65. The Morgan fingerprint density at radius 1 is 1.00 bits per heavy atom. The third kappa shape index (κ3) is 4.36. The van der Waals surface area contributed by atoms with Crippen LogP contribution in [0.5, 0.6) is 0 Å². The van der Waals surface area contributed by atoms with Crippen LogP contribution in [0, 0.1) is 0 Å². The van der Waals surface area contributed by atoms with Crippen molar-refractivity contribution >= 4 is 34.5 Å². The van der Waals surface area contributed by atoms with Gasteiger partial charge in [0.05, 0.1) is 10.5 Å². The van der Waals surface area contributed by atoms with Gasteiger partial charge in [-0.1, -0.05) is 42.5 Å². The number of nitrogens with zero attached hydrogens (tertiary/aromatic N) is 1. The van der Waals surface area contributed by atoms with Crippen LogP contribution in [0.4, 0.5) is 0 Å². The molecule has 0 radical (unpaired) electrons. The lowest BCUT2D eigenvalue weighted by Gasteiger charge is -2.14. The number of nitrogens with one attached hydrogen (secondary N) is 1. The Bertz CT molecular complexity index is 899. The van der Waals surface area contributed by atoms with Crippen molar-refractivity contribution in [3.05, 3.63) is 72.3 Å². The van der Waals surface area contributed by atoms with E-state index in [9.17, 15) is 14.7 Å². The molecule has 6 heteroatoms. The number of carbonyl (C=O) groups is 2. The molecule has 1 aromatic heterocycles. The number of fused-ring (bicyclic) bond motifs is 1. The number of thioether (sulfide) groups is 1. The maximum absolute atomic E-state index is 12.1. The average molecular weight is 352 g/mol. The summed E-state index contributed by atoms with van der Waals surface area (Å²) in [5, 5.41) is 13.7. The van der Waals surface area contributed by atoms with Crippen molar-refractivity contribution in [3.8, 4) is 0 Å². The fourth-order valence-corrected chi connectivity index (χ4v) is 3.19. The number of carboxylic acid groups (broad SMARTS) is 1. The highest BCUT2D eigenvalue weighted by Gasteiger charge is 2.21. The maximum Gasteiger partial charge on any atom is 0.327 e. The predicted molar refractivity (Wildman–Crippen MR) is 97.8 cm³/mol. The molecule has 5 nitrogen and oxygen atoms in total. The van der Waals surface area contributed by atoms with Gasteiger partial charge in [0.2, 0.25) is 0 Å². The van der Waals surface area contributed by atoms with Gasteiger partial charge in [-0.2, -0.15) is 0 Å². The van der Waals surface area contributed by atoms with Crippen LogP contribution >= 0.6 is 11.8 Å². The van der Waals surface area contributed by atoms with E-state index in [4.69, 9.17) is 0 Å². The van der Waals surface area contributed by atoms with Crippen molar-refractivity contribution in [3.63, 3.8) is 0 Å². The Kier molecular flexibility index (Phi) is 5.30. The van der Waals surface area contributed by atoms with Crippen LogP contribution in [0.2, 0.25) is 0 Å². The predicted octanol–water partition coefficient (Wildman–Crippen LogP) is 3.21. The lowest BCUT2D eigenvalue weighted by molar-refractivity contribution is -0.138. The topological polar surface area (TPSA) is 79.3 Å². The van der Waals surface area contributed by atoms with Gasteiger partial charge in [0, 0.05) is 16.7 Å². The molecule has 0 saturated carbocycles. The molecule has 2 aromatic carbocycles. The molecular weight excluding hydrogens is 336 g/mol. The summed E-state index contributed by atoms with van der Waals surface area (Å²) in [5.41, 5.74) is 1.29. The van der Waals surface area contributed by atoms with Gasteiger partial charge in [-0.05, 0) is 24.3 Å². The summed E-state index contributed by atoms with van der Waals surface area (Å²) in [6.45, 7) is 0. The smallest absolute Gasteiger partial charge is 0.327 e. The number of benzene rings is 2. The molecule has 0 aliphatic heterocycles. The van der Waals surface area contributed by atoms with Gasteiger partial charge in [0.1, 0.15) is 6.04 Å². The van der Waals surface area contributed by atoms with Gasteiger partial charge in [-0.25, -0.2) is 9.78 Å². The number of carboxylic acids is 1. The van der Waals surface area contributed by atoms with Crippen LogP contribution in [-0.4, -0.2) is 33.8 Å². The van der Waals surface area contributed by atoms with Crippen LogP contribution in [0.1, 0.15) is 10.4 Å². The molecule has 0 aliphatic carbocycles. The number of rotatable bonds is 6. The number of para-hydroxylation sites is 1. The van der Waals surface area contributed by atoms with E-state index in [0.717, 1.165) is 15.9 Å². The molecule has 3 aromatic rings. The fourth-order valence-electron chi connectivity index (χ4n) is 2.30.